The van der Waals surface area contributed by atoms with E-state index in [2.05, 4.69) is 32.1 Å². The van der Waals surface area contributed by atoms with Crippen LogP contribution in [0.15, 0.2) is 72.8 Å². The van der Waals surface area contributed by atoms with Gasteiger partial charge in [0.05, 0.1) is 0 Å². The SMILES string of the molecule is CC=CCCC1CCC(C2CC=C(c3ccc(-c4ccc(-c5ccc(CCCCCCCCCC)c(F)c5F)cc4)c(F)c3)CC2)CC1. The Labute approximate surface area is 289 Å². The molecule has 1 fully saturated rings. The summed E-state index contributed by atoms with van der Waals surface area (Å²) in [6.07, 6.45) is 28.1. The highest BCUT2D eigenvalue weighted by Crippen LogP contribution is 2.42. The first kappa shape index (κ1) is 36.2. The molecule has 258 valence electrons. The molecule has 0 aliphatic heterocycles. The third kappa shape index (κ3) is 9.76. The lowest BCUT2D eigenvalue weighted by Gasteiger charge is -2.35. The lowest BCUT2D eigenvalue weighted by Crippen LogP contribution is -2.23. The molecule has 0 spiro atoms. The van der Waals surface area contributed by atoms with Gasteiger partial charge in [0, 0.05) is 11.1 Å². The molecular formula is C45H57F3. The lowest BCUT2D eigenvalue weighted by atomic mass is 9.70. The molecule has 5 rings (SSSR count). The van der Waals surface area contributed by atoms with Crippen LogP contribution in [0.4, 0.5) is 13.2 Å². The van der Waals surface area contributed by atoms with Crippen molar-refractivity contribution in [2.45, 2.75) is 129 Å². The molecule has 0 radical (unpaired) electrons. The van der Waals surface area contributed by atoms with Crippen molar-refractivity contribution in [1.29, 1.82) is 0 Å². The Hall–Kier alpha value is -3.07. The molecular weight excluding hydrogens is 597 g/mol. The molecule has 0 nitrogen and oxygen atoms in total. The second-order valence-electron chi connectivity index (χ2n) is 14.6. The minimum absolute atomic E-state index is 0.245. The maximum Gasteiger partial charge on any atom is 0.166 e. The Bertz CT molecular complexity index is 1490. The van der Waals surface area contributed by atoms with E-state index in [1.807, 2.05) is 12.1 Å². The number of halogens is 3. The van der Waals surface area contributed by atoms with E-state index in [1.54, 1.807) is 42.5 Å². The van der Waals surface area contributed by atoms with Crippen LogP contribution in [0.25, 0.3) is 27.8 Å². The molecule has 1 saturated carbocycles. The third-order valence-electron chi connectivity index (χ3n) is 11.3. The van der Waals surface area contributed by atoms with Crippen molar-refractivity contribution in [2.75, 3.05) is 0 Å². The number of allylic oxidation sites excluding steroid dienone is 4. The second kappa shape index (κ2) is 18.6. The predicted octanol–water partition coefficient (Wildman–Crippen LogP) is 14.5. The summed E-state index contributed by atoms with van der Waals surface area (Å²) in [6.45, 7) is 4.33. The summed E-state index contributed by atoms with van der Waals surface area (Å²) in [7, 11) is 0. The van der Waals surface area contributed by atoms with E-state index in [1.165, 1.54) is 82.6 Å². The minimum Gasteiger partial charge on any atom is -0.206 e. The molecule has 2 aliphatic carbocycles. The van der Waals surface area contributed by atoms with Gasteiger partial charge in [-0.1, -0.05) is 131 Å². The van der Waals surface area contributed by atoms with Crippen molar-refractivity contribution in [3.8, 4) is 22.3 Å². The number of rotatable bonds is 16. The largest absolute Gasteiger partial charge is 0.206 e. The summed E-state index contributed by atoms with van der Waals surface area (Å²) in [6, 6.07) is 16.1. The Morgan fingerprint density at radius 3 is 1.96 bits per heavy atom. The fraction of sp³-hybridized carbons (Fsp3) is 0.511. The standard InChI is InChI=1S/C45H57F3/c1-3-5-7-8-9-10-11-13-15-39-28-31-42(45(48)44(39)47)38-26-24-37(25-27-38)41-30-29-40(32-43(41)46)36-22-20-35(21-23-36)34-18-16-33(17-19-34)14-12-6-4-2/h4,6,22,24-35H,3,5,7-21,23H2,1-2H3. The zero-order valence-electron chi connectivity index (χ0n) is 29.5. The van der Waals surface area contributed by atoms with E-state index in [4.69, 9.17) is 0 Å². The van der Waals surface area contributed by atoms with Gasteiger partial charge >= 0.3 is 0 Å². The Kier molecular flexibility index (Phi) is 14.1. The zero-order chi connectivity index (χ0) is 33.7. The summed E-state index contributed by atoms with van der Waals surface area (Å²) in [5.41, 5.74) is 4.78. The van der Waals surface area contributed by atoms with Crippen LogP contribution in [0.1, 0.15) is 134 Å². The smallest absolute Gasteiger partial charge is 0.166 e. The first-order valence-electron chi connectivity index (χ1n) is 19.2. The lowest BCUT2D eigenvalue weighted by molar-refractivity contribution is 0.190. The first-order chi connectivity index (χ1) is 23.5. The number of hydrogen-bond acceptors (Lipinski definition) is 0. The van der Waals surface area contributed by atoms with Crippen LogP contribution in [0.5, 0.6) is 0 Å². The molecule has 0 amide bonds. The molecule has 3 aromatic carbocycles. The van der Waals surface area contributed by atoms with Gasteiger partial charge in [-0.15, -0.1) is 0 Å². The van der Waals surface area contributed by atoms with Gasteiger partial charge < -0.3 is 0 Å². The Balaban J connectivity index is 1.14. The summed E-state index contributed by atoms with van der Waals surface area (Å²) < 4.78 is 45.6. The van der Waals surface area contributed by atoms with Crippen molar-refractivity contribution in [1.82, 2.24) is 0 Å². The molecule has 0 bridgehead atoms. The quantitative estimate of drug-likeness (QED) is 0.106. The molecule has 0 saturated heterocycles. The van der Waals surface area contributed by atoms with Gasteiger partial charge in [0.15, 0.2) is 11.6 Å². The van der Waals surface area contributed by atoms with E-state index in [9.17, 15) is 4.39 Å². The van der Waals surface area contributed by atoms with Crippen molar-refractivity contribution >= 4 is 5.57 Å². The van der Waals surface area contributed by atoms with E-state index < -0.39 is 11.6 Å². The second-order valence-corrected chi connectivity index (χ2v) is 14.6. The Morgan fingerprint density at radius 2 is 1.31 bits per heavy atom. The maximum absolute atomic E-state index is 15.5. The fourth-order valence-electron chi connectivity index (χ4n) is 8.22. The average Bonchev–Trinajstić information content (AvgIpc) is 3.12. The molecule has 2 aliphatic rings. The topological polar surface area (TPSA) is 0 Å². The zero-order valence-corrected chi connectivity index (χ0v) is 29.5. The number of hydrogen-bond donors (Lipinski definition) is 0. The molecule has 3 aromatic rings. The minimum atomic E-state index is -0.800. The number of aryl methyl sites for hydroxylation is 1. The molecule has 3 heteroatoms. The Morgan fingerprint density at radius 1 is 0.667 bits per heavy atom. The molecule has 1 unspecified atom stereocenters. The average molecular weight is 655 g/mol. The van der Waals surface area contributed by atoms with Gasteiger partial charge in [0.25, 0.3) is 0 Å². The van der Waals surface area contributed by atoms with Gasteiger partial charge in [-0.2, -0.15) is 0 Å². The summed E-state index contributed by atoms with van der Waals surface area (Å²) >= 11 is 0. The van der Waals surface area contributed by atoms with Crippen LogP contribution in [0.3, 0.4) is 0 Å². The highest BCUT2D eigenvalue weighted by Gasteiger charge is 2.28. The van der Waals surface area contributed by atoms with Gasteiger partial charge in [-0.3, -0.25) is 0 Å². The molecule has 0 N–H and O–H groups in total. The molecule has 0 aromatic heterocycles. The van der Waals surface area contributed by atoms with Crippen LogP contribution in [-0.2, 0) is 6.42 Å². The first-order valence-corrected chi connectivity index (χ1v) is 19.2. The van der Waals surface area contributed by atoms with E-state index in [0.717, 1.165) is 61.0 Å². The molecule has 1 atom stereocenters. The summed E-state index contributed by atoms with van der Waals surface area (Å²) in [4.78, 5) is 0. The van der Waals surface area contributed by atoms with Crippen LogP contribution < -0.4 is 0 Å². The summed E-state index contributed by atoms with van der Waals surface area (Å²) in [5, 5.41) is 0. The maximum atomic E-state index is 15.5. The number of unbranched alkanes of at least 4 members (excludes halogenated alkanes) is 7. The highest BCUT2D eigenvalue weighted by molar-refractivity contribution is 5.74. The van der Waals surface area contributed by atoms with Crippen LogP contribution >= 0.6 is 0 Å². The summed E-state index contributed by atoms with van der Waals surface area (Å²) in [5.74, 6) is 0.707. The number of benzene rings is 3. The normalized spacial score (nSPS) is 19.9. The van der Waals surface area contributed by atoms with E-state index >= 15 is 8.78 Å². The van der Waals surface area contributed by atoms with E-state index in [-0.39, 0.29) is 11.4 Å². The van der Waals surface area contributed by atoms with Crippen molar-refractivity contribution in [3.63, 3.8) is 0 Å². The fourth-order valence-corrected chi connectivity index (χ4v) is 8.22. The van der Waals surface area contributed by atoms with Gasteiger partial charge in [-0.25, -0.2) is 13.2 Å². The van der Waals surface area contributed by atoms with Crippen LogP contribution in [-0.4, -0.2) is 0 Å². The van der Waals surface area contributed by atoms with Gasteiger partial charge in [-0.05, 0) is 116 Å². The highest BCUT2D eigenvalue weighted by atomic mass is 19.2. The van der Waals surface area contributed by atoms with Crippen molar-refractivity contribution in [3.05, 3.63) is 101 Å². The van der Waals surface area contributed by atoms with Gasteiger partial charge in [0.2, 0.25) is 0 Å². The van der Waals surface area contributed by atoms with Crippen LogP contribution in [0, 0.1) is 35.2 Å². The van der Waals surface area contributed by atoms with Crippen LogP contribution in [0.2, 0.25) is 0 Å². The molecule has 0 heterocycles. The van der Waals surface area contributed by atoms with Crippen molar-refractivity contribution in [2.24, 2.45) is 17.8 Å². The third-order valence-corrected chi connectivity index (χ3v) is 11.3. The predicted molar refractivity (Wildman–Crippen MR) is 198 cm³/mol. The van der Waals surface area contributed by atoms with E-state index in [0.29, 0.717) is 23.1 Å². The van der Waals surface area contributed by atoms with Crippen molar-refractivity contribution < 1.29 is 13.2 Å². The van der Waals surface area contributed by atoms with Gasteiger partial charge in [0.1, 0.15) is 5.82 Å². The molecule has 48 heavy (non-hydrogen) atoms. The monoisotopic (exact) mass is 654 g/mol.